The summed E-state index contributed by atoms with van der Waals surface area (Å²) in [6, 6.07) is 12.1. The Morgan fingerprint density at radius 2 is 1.88 bits per heavy atom. The van der Waals surface area contributed by atoms with Crippen molar-refractivity contribution in [1.82, 2.24) is 0 Å². The van der Waals surface area contributed by atoms with Crippen LogP contribution in [0.15, 0.2) is 46.9 Å². The number of methoxy groups -OCH3 is 1. The molecule has 0 aliphatic heterocycles. The van der Waals surface area contributed by atoms with Gasteiger partial charge in [0.25, 0.3) is 0 Å². The van der Waals surface area contributed by atoms with E-state index in [4.69, 9.17) is 0 Å². The van der Waals surface area contributed by atoms with Gasteiger partial charge in [-0.05, 0) is 40.6 Å². The van der Waals surface area contributed by atoms with E-state index in [2.05, 4.69) is 26.7 Å². The third-order valence-electron chi connectivity index (χ3n) is 2.44. The van der Waals surface area contributed by atoms with Crippen molar-refractivity contribution < 1.29 is 9.53 Å². The van der Waals surface area contributed by atoms with Gasteiger partial charge >= 0.3 is 5.97 Å². The van der Waals surface area contributed by atoms with Gasteiger partial charge in [-0.15, -0.1) is 0 Å². The summed E-state index contributed by atoms with van der Waals surface area (Å²) in [5, 5.41) is 2.30. The normalized spacial score (nSPS) is 10.9. The summed E-state index contributed by atoms with van der Waals surface area (Å²) in [6.45, 7) is 0. The van der Waals surface area contributed by atoms with E-state index < -0.39 is 0 Å². The molecular formula is C14H11BrO2. The maximum absolute atomic E-state index is 11.0. The van der Waals surface area contributed by atoms with Crippen LogP contribution in [0.2, 0.25) is 0 Å². The molecule has 0 radical (unpaired) electrons. The van der Waals surface area contributed by atoms with Crippen molar-refractivity contribution in [2.45, 2.75) is 0 Å². The monoisotopic (exact) mass is 290 g/mol. The molecule has 0 spiro atoms. The van der Waals surface area contributed by atoms with Crippen LogP contribution in [0, 0.1) is 0 Å². The molecule has 0 unspecified atom stereocenters. The number of esters is 1. The lowest BCUT2D eigenvalue weighted by molar-refractivity contribution is -0.134. The van der Waals surface area contributed by atoms with Crippen molar-refractivity contribution in [2.24, 2.45) is 0 Å². The van der Waals surface area contributed by atoms with Gasteiger partial charge in [-0.3, -0.25) is 0 Å². The molecule has 0 bridgehead atoms. The lowest BCUT2D eigenvalue weighted by atomic mass is 10.1. The highest BCUT2D eigenvalue weighted by atomic mass is 79.9. The highest BCUT2D eigenvalue weighted by Crippen LogP contribution is 2.21. The number of benzene rings is 2. The molecule has 0 N–H and O–H groups in total. The van der Waals surface area contributed by atoms with Crippen LogP contribution in [-0.2, 0) is 9.53 Å². The number of carbonyl (C=O) groups excluding carboxylic acids is 1. The summed E-state index contributed by atoms with van der Waals surface area (Å²) in [5.41, 5.74) is 0.977. The zero-order valence-corrected chi connectivity index (χ0v) is 10.9. The Labute approximate surface area is 108 Å². The minimum Gasteiger partial charge on any atom is -0.466 e. The van der Waals surface area contributed by atoms with E-state index in [-0.39, 0.29) is 5.97 Å². The second-order valence-corrected chi connectivity index (χ2v) is 4.52. The molecule has 86 valence electrons. The van der Waals surface area contributed by atoms with E-state index >= 15 is 0 Å². The van der Waals surface area contributed by atoms with E-state index in [9.17, 15) is 4.79 Å². The van der Waals surface area contributed by atoms with Gasteiger partial charge in [0, 0.05) is 10.5 Å². The van der Waals surface area contributed by atoms with Crippen LogP contribution in [0.25, 0.3) is 16.8 Å². The van der Waals surface area contributed by atoms with Gasteiger partial charge in [0.1, 0.15) is 0 Å². The van der Waals surface area contributed by atoms with Crippen LogP contribution in [0.5, 0.6) is 0 Å². The summed E-state index contributed by atoms with van der Waals surface area (Å²) in [7, 11) is 1.37. The van der Waals surface area contributed by atoms with E-state index in [1.165, 1.54) is 13.2 Å². The predicted octanol–water partition coefficient (Wildman–Crippen LogP) is 3.79. The summed E-state index contributed by atoms with van der Waals surface area (Å²) in [4.78, 5) is 11.0. The number of hydrogen-bond acceptors (Lipinski definition) is 2. The second kappa shape index (κ2) is 5.15. The standard InChI is InChI=1S/C14H11BrO2/c1-17-14(16)7-3-10-2-4-12-9-13(15)6-5-11(12)8-10/h2-9H,1H3. The van der Waals surface area contributed by atoms with Crippen LogP contribution >= 0.6 is 15.9 Å². The minimum absolute atomic E-state index is 0.346. The molecule has 3 heteroatoms. The van der Waals surface area contributed by atoms with E-state index in [0.29, 0.717) is 0 Å². The number of fused-ring (bicyclic) bond motifs is 1. The molecular weight excluding hydrogens is 280 g/mol. The first-order chi connectivity index (χ1) is 8.19. The summed E-state index contributed by atoms with van der Waals surface area (Å²) >= 11 is 3.43. The zero-order valence-electron chi connectivity index (χ0n) is 9.31. The number of carbonyl (C=O) groups is 1. The van der Waals surface area contributed by atoms with Gasteiger partial charge in [0.15, 0.2) is 0 Å². The van der Waals surface area contributed by atoms with Gasteiger partial charge in [-0.2, -0.15) is 0 Å². The van der Waals surface area contributed by atoms with Crippen molar-refractivity contribution in [3.05, 3.63) is 52.5 Å². The Morgan fingerprint density at radius 3 is 2.65 bits per heavy atom. The molecule has 2 nitrogen and oxygen atoms in total. The van der Waals surface area contributed by atoms with Crippen LogP contribution in [0.3, 0.4) is 0 Å². The predicted molar refractivity (Wildman–Crippen MR) is 72.7 cm³/mol. The topological polar surface area (TPSA) is 26.3 Å². The Morgan fingerprint density at radius 1 is 1.18 bits per heavy atom. The fourth-order valence-corrected chi connectivity index (χ4v) is 1.95. The lowest BCUT2D eigenvalue weighted by Crippen LogP contribution is -1.93. The summed E-state index contributed by atoms with van der Waals surface area (Å²) in [5.74, 6) is -0.346. The molecule has 0 heterocycles. The summed E-state index contributed by atoms with van der Waals surface area (Å²) in [6.07, 6.45) is 3.16. The van der Waals surface area contributed by atoms with Crippen molar-refractivity contribution in [1.29, 1.82) is 0 Å². The number of rotatable bonds is 2. The third-order valence-corrected chi connectivity index (χ3v) is 2.93. The average molecular weight is 291 g/mol. The molecule has 0 fully saturated rings. The molecule has 0 saturated carbocycles. The van der Waals surface area contributed by atoms with Crippen molar-refractivity contribution in [2.75, 3.05) is 7.11 Å². The Hall–Kier alpha value is -1.61. The molecule has 0 amide bonds. The maximum Gasteiger partial charge on any atom is 0.330 e. The van der Waals surface area contributed by atoms with Gasteiger partial charge in [0.05, 0.1) is 7.11 Å². The molecule has 17 heavy (non-hydrogen) atoms. The number of halogens is 1. The zero-order chi connectivity index (χ0) is 12.3. The molecule has 0 atom stereocenters. The van der Waals surface area contributed by atoms with Crippen LogP contribution < -0.4 is 0 Å². The molecule has 0 aliphatic carbocycles. The molecule has 0 saturated heterocycles. The summed E-state index contributed by atoms with van der Waals surface area (Å²) < 4.78 is 5.60. The smallest absolute Gasteiger partial charge is 0.330 e. The fraction of sp³-hybridized carbons (Fsp3) is 0.0714. The first-order valence-corrected chi connectivity index (χ1v) is 5.94. The SMILES string of the molecule is COC(=O)C=Cc1ccc2cc(Br)ccc2c1. The Balaban J connectivity index is 2.35. The lowest BCUT2D eigenvalue weighted by Gasteiger charge is -2.00. The molecule has 2 rings (SSSR count). The second-order valence-electron chi connectivity index (χ2n) is 3.61. The molecule has 0 aliphatic rings. The molecule has 2 aromatic carbocycles. The average Bonchev–Trinajstić information content (AvgIpc) is 2.35. The van der Waals surface area contributed by atoms with Gasteiger partial charge in [-0.25, -0.2) is 4.79 Å². The molecule has 0 aromatic heterocycles. The third kappa shape index (κ3) is 2.94. The largest absolute Gasteiger partial charge is 0.466 e. The Bertz CT molecular complexity index is 588. The quantitative estimate of drug-likeness (QED) is 0.621. The van der Waals surface area contributed by atoms with Gasteiger partial charge in [0.2, 0.25) is 0 Å². The highest BCUT2D eigenvalue weighted by Gasteiger charge is 1.96. The molecule has 2 aromatic rings. The maximum atomic E-state index is 11.0. The first kappa shape index (κ1) is 11.9. The highest BCUT2D eigenvalue weighted by molar-refractivity contribution is 9.10. The van der Waals surface area contributed by atoms with Gasteiger partial charge in [-0.1, -0.05) is 34.1 Å². The minimum atomic E-state index is -0.346. The van der Waals surface area contributed by atoms with Crippen molar-refractivity contribution >= 4 is 38.7 Å². The number of ether oxygens (including phenoxy) is 1. The first-order valence-electron chi connectivity index (χ1n) is 5.14. The van der Waals surface area contributed by atoms with E-state index in [1.807, 2.05) is 30.3 Å². The number of hydrogen-bond donors (Lipinski definition) is 0. The fourth-order valence-electron chi connectivity index (χ4n) is 1.57. The van der Waals surface area contributed by atoms with Crippen LogP contribution in [-0.4, -0.2) is 13.1 Å². The van der Waals surface area contributed by atoms with E-state index in [0.717, 1.165) is 20.8 Å². The van der Waals surface area contributed by atoms with Crippen molar-refractivity contribution in [3.8, 4) is 0 Å². The van der Waals surface area contributed by atoms with Crippen LogP contribution in [0.1, 0.15) is 5.56 Å². The van der Waals surface area contributed by atoms with E-state index in [1.54, 1.807) is 6.08 Å². The van der Waals surface area contributed by atoms with Crippen LogP contribution in [0.4, 0.5) is 0 Å². The van der Waals surface area contributed by atoms with Crippen molar-refractivity contribution in [3.63, 3.8) is 0 Å². The van der Waals surface area contributed by atoms with Gasteiger partial charge < -0.3 is 4.74 Å². The Kier molecular flexibility index (Phi) is 3.59.